The van der Waals surface area contributed by atoms with Gasteiger partial charge in [-0.2, -0.15) is 8.42 Å². The van der Waals surface area contributed by atoms with Crippen LogP contribution in [0.25, 0.3) is 22.2 Å². The Kier molecular flexibility index (Phi) is 7.75. The van der Waals surface area contributed by atoms with Gasteiger partial charge in [0.05, 0.1) is 30.2 Å². The van der Waals surface area contributed by atoms with Crippen molar-refractivity contribution in [2.45, 2.75) is 25.8 Å². The zero-order valence-electron chi connectivity index (χ0n) is 19.5. The molecule has 0 unspecified atom stereocenters. The Morgan fingerprint density at radius 1 is 1.35 bits per heavy atom. The fraction of sp³-hybridized carbons (Fsp3) is 0.409. The number of aromatic amines is 1. The number of H-pyrrole nitrogens is 1. The zero-order chi connectivity index (χ0) is 25.0. The molecule has 0 bridgehead atoms. The molecular formula is C22H29N5O6S. The number of benzene rings is 1. The van der Waals surface area contributed by atoms with Gasteiger partial charge in [0.2, 0.25) is 5.88 Å². The van der Waals surface area contributed by atoms with Crippen molar-refractivity contribution in [2.75, 3.05) is 33.6 Å². The van der Waals surface area contributed by atoms with Gasteiger partial charge in [0, 0.05) is 28.9 Å². The van der Waals surface area contributed by atoms with Gasteiger partial charge < -0.3 is 25.1 Å². The van der Waals surface area contributed by atoms with Crippen LogP contribution in [0.4, 0.5) is 0 Å². The molecule has 1 amide bonds. The van der Waals surface area contributed by atoms with Crippen LogP contribution in [0.1, 0.15) is 29.3 Å². The maximum atomic E-state index is 12.2. The van der Waals surface area contributed by atoms with Gasteiger partial charge >= 0.3 is 0 Å². The van der Waals surface area contributed by atoms with Gasteiger partial charge in [0.1, 0.15) is 17.9 Å². The molecule has 11 nitrogen and oxygen atoms in total. The number of fused-ring (bicyclic) bond motifs is 2. The highest BCUT2D eigenvalue weighted by atomic mass is 32.2. The smallest absolute Gasteiger partial charge is 0.261 e. The third kappa shape index (κ3) is 6.22. The Hall–Kier alpha value is -3.22. The summed E-state index contributed by atoms with van der Waals surface area (Å²) in [6.45, 7) is 3.16. The molecular weight excluding hydrogens is 462 g/mol. The molecule has 1 aromatic carbocycles. The van der Waals surface area contributed by atoms with Crippen LogP contribution >= 0.6 is 0 Å². The number of primary amides is 1. The summed E-state index contributed by atoms with van der Waals surface area (Å²) in [7, 11) is 0.292. The molecule has 0 radical (unpaired) electrons. The monoisotopic (exact) mass is 491 g/mol. The molecule has 0 aliphatic carbocycles. The Morgan fingerprint density at radius 2 is 2.06 bits per heavy atom. The van der Waals surface area contributed by atoms with Crippen LogP contribution < -0.4 is 15.2 Å². The third-order valence-corrected chi connectivity index (χ3v) is 5.34. The third-order valence-electron chi connectivity index (χ3n) is 5.34. The number of imidazole rings is 1. The predicted octanol–water partition coefficient (Wildman–Crippen LogP) is 1.88. The lowest BCUT2D eigenvalue weighted by Gasteiger charge is -2.21. The van der Waals surface area contributed by atoms with E-state index in [4.69, 9.17) is 19.8 Å². The van der Waals surface area contributed by atoms with Crippen LogP contribution in [-0.4, -0.2) is 78.3 Å². The minimum Gasteiger partial charge on any atom is -0.491 e. The van der Waals surface area contributed by atoms with Gasteiger partial charge in [-0.1, -0.05) is 0 Å². The van der Waals surface area contributed by atoms with E-state index in [9.17, 15) is 13.2 Å². The summed E-state index contributed by atoms with van der Waals surface area (Å²) < 4.78 is 37.5. The zero-order valence-corrected chi connectivity index (χ0v) is 20.3. The van der Waals surface area contributed by atoms with Crippen LogP contribution in [0.15, 0.2) is 24.7 Å². The predicted molar refractivity (Wildman–Crippen MR) is 128 cm³/mol. The van der Waals surface area contributed by atoms with Crippen LogP contribution in [0, 0.1) is 0 Å². The van der Waals surface area contributed by atoms with Gasteiger partial charge in [-0.3, -0.25) is 9.35 Å². The van der Waals surface area contributed by atoms with E-state index in [1.807, 2.05) is 32.0 Å². The van der Waals surface area contributed by atoms with Gasteiger partial charge in [-0.25, -0.2) is 9.97 Å². The summed E-state index contributed by atoms with van der Waals surface area (Å²) in [4.78, 5) is 26.2. The molecule has 34 heavy (non-hydrogen) atoms. The second-order valence-corrected chi connectivity index (χ2v) is 9.75. The van der Waals surface area contributed by atoms with E-state index in [0.29, 0.717) is 47.7 Å². The van der Waals surface area contributed by atoms with Crippen molar-refractivity contribution < 1.29 is 27.2 Å². The normalized spacial score (nSPS) is 14.1. The largest absolute Gasteiger partial charge is 0.491 e. The van der Waals surface area contributed by atoms with Gasteiger partial charge in [-0.05, 0) is 46.0 Å². The highest BCUT2D eigenvalue weighted by Gasteiger charge is 2.22. The van der Waals surface area contributed by atoms with Crippen LogP contribution in [0.2, 0.25) is 0 Å². The number of aromatic nitrogens is 3. The minimum atomic E-state index is -3.67. The lowest BCUT2D eigenvalue weighted by Crippen LogP contribution is -2.31. The molecule has 4 rings (SSSR count). The molecule has 0 saturated carbocycles. The number of hydrogen-bond donors (Lipinski definition) is 3. The number of amides is 1. The van der Waals surface area contributed by atoms with Crippen molar-refractivity contribution in [1.82, 2.24) is 19.9 Å². The van der Waals surface area contributed by atoms with Crippen LogP contribution in [-0.2, 0) is 16.5 Å². The van der Waals surface area contributed by atoms with E-state index in [-0.39, 0.29) is 6.04 Å². The first-order valence-corrected chi connectivity index (χ1v) is 12.4. The minimum absolute atomic E-state index is 0.166. The second kappa shape index (κ2) is 10.4. The summed E-state index contributed by atoms with van der Waals surface area (Å²) >= 11 is 0. The number of nitrogens with two attached hydrogens (primary N) is 1. The van der Waals surface area contributed by atoms with E-state index in [2.05, 4.69) is 21.0 Å². The van der Waals surface area contributed by atoms with E-state index in [0.717, 1.165) is 29.5 Å². The summed E-state index contributed by atoms with van der Waals surface area (Å²) in [5.74, 6) is 0.561. The van der Waals surface area contributed by atoms with Crippen LogP contribution in [0.3, 0.4) is 0 Å². The molecule has 2 aromatic heterocycles. The molecule has 184 valence electrons. The van der Waals surface area contributed by atoms with Crippen molar-refractivity contribution in [1.29, 1.82) is 0 Å². The van der Waals surface area contributed by atoms with E-state index >= 15 is 0 Å². The Morgan fingerprint density at radius 3 is 2.71 bits per heavy atom. The lowest BCUT2D eigenvalue weighted by atomic mass is 9.99. The molecule has 1 atom stereocenters. The first-order chi connectivity index (χ1) is 16.0. The number of rotatable bonds is 6. The summed E-state index contributed by atoms with van der Waals surface area (Å²) in [6, 6.07) is 4.07. The van der Waals surface area contributed by atoms with Crippen molar-refractivity contribution >= 4 is 27.1 Å². The summed E-state index contributed by atoms with van der Waals surface area (Å²) in [5, 5.41) is 0. The Balaban J connectivity index is 0.000000588. The van der Waals surface area contributed by atoms with Gasteiger partial charge in [0.25, 0.3) is 16.0 Å². The number of hydrogen-bond acceptors (Lipinski definition) is 8. The Labute approximate surface area is 198 Å². The van der Waals surface area contributed by atoms with Crippen LogP contribution in [0.5, 0.6) is 11.6 Å². The summed E-state index contributed by atoms with van der Waals surface area (Å²) in [6.07, 6.45) is 5.93. The van der Waals surface area contributed by atoms with Crippen molar-refractivity contribution in [3.63, 3.8) is 0 Å². The number of nitrogens with one attached hydrogen (secondary N) is 1. The Bertz CT molecular complexity index is 1280. The topological polar surface area (TPSA) is 161 Å². The molecule has 1 aliphatic heterocycles. The standard InChI is InChI=1S/C21H25N5O3.CH4O3S/c1-12(26(2)3)10-29-16-8-15(18-19(25-11-24-18)17(16)20(22)27)14-7-13-5-4-6-28-21(13)23-9-14;1-5(2,3)4/h7-9,11-12H,4-6,10H2,1-3H3,(H2,22,27)(H,24,25);1H3,(H,2,3,4)/t12-;/m0./s1. The van der Waals surface area contributed by atoms with E-state index < -0.39 is 16.0 Å². The fourth-order valence-corrected chi connectivity index (χ4v) is 3.41. The number of nitrogens with zero attached hydrogens (tertiary/aromatic N) is 3. The number of likely N-dealkylation sites (N-methyl/N-ethyl adjacent to an activating group) is 1. The SMILES string of the molecule is CS(=O)(=O)O.C[C@@H](COc1cc(-c2cnc3c(c2)CCCO3)c2nc[nH]c2c1C(N)=O)N(C)C. The average Bonchev–Trinajstić information content (AvgIpc) is 3.24. The van der Waals surface area contributed by atoms with Crippen molar-refractivity contribution in [3.8, 4) is 22.8 Å². The summed E-state index contributed by atoms with van der Waals surface area (Å²) in [5.41, 5.74) is 10.0. The molecule has 0 fully saturated rings. The maximum Gasteiger partial charge on any atom is 0.261 e. The van der Waals surface area contributed by atoms with Gasteiger partial charge in [-0.15, -0.1) is 0 Å². The van der Waals surface area contributed by atoms with Gasteiger partial charge in [0.15, 0.2) is 0 Å². The number of carbonyl (C=O) groups is 1. The molecule has 12 heteroatoms. The number of ether oxygens (including phenoxy) is 2. The van der Waals surface area contributed by atoms with Crippen molar-refractivity contribution in [3.05, 3.63) is 35.8 Å². The quantitative estimate of drug-likeness (QED) is 0.437. The highest BCUT2D eigenvalue weighted by Crippen LogP contribution is 2.37. The fourth-order valence-electron chi connectivity index (χ4n) is 3.41. The van der Waals surface area contributed by atoms with Crippen molar-refractivity contribution in [2.24, 2.45) is 5.73 Å². The van der Waals surface area contributed by atoms with E-state index in [1.54, 1.807) is 12.5 Å². The first kappa shape index (κ1) is 25.4. The maximum absolute atomic E-state index is 12.2. The number of pyridine rings is 1. The molecule has 1 aliphatic rings. The number of aryl methyl sites for hydroxylation is 1. The second-order valence-electron chi connectivity index (χ2n) is 8.28. The average molecular weight is 492 g/mol. The molecule has 3 aromatic rings. The molecule has 0 spiro atoms. The lowest BCUT2D eigenvalue weighted by molar-refractivity contribution is 0.0996. The molecule has 3 heterocycles. The van der Waals surface area contributed by atoms with E-state index in [1.165, 1.54) is 0 Å². The highest BCUT2D eigenvalue weighted by molar-refractivity contribution is 7.85. The number of carbonyl (C=O) groups excluding carboxylic acids is 1. The molecule has 4 N–H and O–H groups in total. The first-order valence-electron chi connectivity index (χ1n) is 10.6. The molecule has 0 saturated heterocycles.